The van der Waals surface area contributed by atoms with Gasteiger partial charge in [-0.1, -0.05) is 34.1 Å². The Balaban J connectivity index is 1.66. The van der Waals surface area contributed by atoms with E-state index in [1.807, 2.05) is 36.2 Å². The Bertz CT molecular complexity index is 664. The van der Waals surface area contributed by atoms with Gasteiger partial charge >= 0.3 is 0 Å². The third kappa shape index (κ3) is 6.29. The number of hydrogen-bond donors (Lipinski definition) is 1. The van der Waals surface area contributed by atoms with Crippen molar-refractivity contribution in [3.05, 3.63) is 64.4 Å². The third-order valence-electron chi connectivity index (χ3n) is 3.40. The van der Waals surface area contributed by atoms with Crippen LogP contribution in [0.5, 0.6) is 5.75 Å². The molecule has 0 aliphatic rings. The summed E-state index contributed by atoms with van der Waals surface area (Å²) in [4.78, 5) is 13.7. The zero-order valence-electron chi connectivity index (χ0n) is 13.5. The molecule has 1 N–H and O–H groups in total. The molecule has 128 valence electrons. The van der Waals surface area contributed by atoms with Crippen LogP contribution in [0.3, 0.4) is 0 Å². The third-order valence-corrected chi connectivity index (χ3v) is 3.93. The molecule has 2 rings (SSSR count). The van der Waals surface area contributed by atoms with Gasteiger partial charge in [0.15, 0.2) is 0 Å². The molecule has 0 saturated heterocycles. The molecular formula is C18H20BrFN2O2. The number of rotatable bonds is 8. The van der Waals surface area contributed by atoms with Crippen LogP contribution in [0.4, 0.5) is 4.39 Å². The molecule has 0 fully saturated rings. The maximum Gasteiger partial charge on any atom is 0.234 e. The smallest absolute Gasteiger partial charge is 0.234 e. The SMILES string of the molecule is CN(CCOc1ccc(Br)cc1)CC(=O)NCc1ccccc1F. The molecule has 0 aromatic heterocycles. The Labute approximate surface area is 149 Å². The van der Waals surface area contributed by atoms with Crippen molar-refractivity contribution >= 4 is 21.8 Å². The van der Waals surface area contributed by atoms with E-state index in [1.54, 1.807) is 18.2 Å². The first-order valence-electron chi connectivity index (χ1n) is 7.61. The largest absolute Gasteiger partial charge is 0.492 e. The molecule has 24 heavy (non-hydrogen) atoms. The van der Waals surface area contributed by atoms with Gasteiger partial charge < -0.3 is 10.1 Å². The summed E-state index contributed by atoms with van der Waals surface area (Å²) in [6, 6.07) is 14.0. The van der Waals surface area contributed by atoms with Gasteiger partial charge in [0.05, 0.1) is 6.54 Å². The van der Waals surface area contributed by atoms with E-state index in [-0.39, 0.29) is 24.8 Å². The molecule has 0 spiro atoms. The fourth-order valence-electron chi connectivity index (χ4n) is 2.07. The minimum absolute atomic E-state index is 0.149. The lowest BCUT2D eigenvalue weighted by Crippen LogP contribution is -2.36. The van der Waals surface area contributed by atoms with Gasteiger partial charge in [-0.25, -0.2) is 4.39 Å². The highest BCUT2D eigenvalue weighted by Gasteiger charge is 2.08. The molecule has 0 heterocycles. The Morgan fingerprint density at radius 3 is 2.62 bits per heavy atom. The topological polar surface area (TPSA) is 41.6 Å². The van der Waals surface area contributed by atoms with Crippen LogP contribution in [0.2, 0.25) is 0 Å². The lowest BCUT2D eigenvalue weighted by atomic mass is 10.2. The van der Waals surface area contributed by atoms with Gasteiger partial charge in [0, 0.05) is 23.1 Å². The van der Waals surface area contributed by atoms with Gasteiger partial charge in [-0.15, -0.1) is 0 Å². The second-order valence-corrected chi connectivity index (χ2v) is 6.32. The maximum absolute atomic E-state index is 13.5. The van der Waals surface area contributed by atoms with Gasteiger partial charge in [-0.05, 0) is 37.4 Å². The Morgan fingerprint density at radius 2 is 1.92 bits per heavy atom. The number of likely N-dealkylation sites (N-methyl/N-ethyl adjacent to an activating group) is 1. The van der Waals surface area contributed by atoms with Crippen molar-refractivity contribution in [1.29, 1.82) is 0 Å². The lowest BCUT2D eigenvalue weighted by molar-refractivity contribution is -0.122. The van der Waals surface area contributed by atoms with Crippen LogP contribution in [-0.2, 0) is 11.3 Å². The van der Waals surface area contributed by atoms with Crippen LogP contribution in [0.15, 0.2) is 53.0 Å². The molecule has 0 bridgehead atoms. The number of ether oxygens (including phenoxy) is 1. The highest BCUT2D eigenvalue weighted by atomic mass is 79.9. The summed E-state index contributed by atoms with van der Waals surface area (Å²) in [5.74, 6) is 0.328. The van der Waals surface area contributed by atoms with Crippen molar-refractivity contribution < 1.29 is 13.9 Å². The van der Waals surface area contributed by atoms with Crippen molar-refractivity contribution in [2.75, 3.05) is 26.7 Å². The van der Waals surface area contributed by atoms with Gasteiger partial charge in [-0.2, -0.15) is 0 Å². The first kappa shape index (κ1) is 18.4. The van der Waals surface area contributed by atoms with Crippen molar-refractivity contribution in [2.24, 2.45) is 0 Å². The predicted octanol–water partition coefficient (Wildman–Crippen LogP) is 3.22. The second kappa shape index (κ2) is 9.39. The minimum Gasteiger partial charge on any atom is -0.492 e. The van der Waals surface area contributed by atoms with E-state index in [1.165, 1.54) is 6.07 Å². The van der Waals surface area contributed by atoms with Crippen molar-refractivity contribution in [1.82, 2.24) is 10.2 Å². The standard InChI is InChI=1S/C18H20BrFN2O2/c1-22(10-11-24-16-8-6-15(19)7-9-16)13-18(23)21-12-14-4-2-3-5-17(14)20/h2-9H,10-13H2,1H3,(H,21,23). The van der Waals surface area contributed by atoms with Crippen molar-refractivity contribution in [2.45, 2.75) is 6.54 Å². The lowest BCUT2D eigenvalue weighted by Gasteiger charge is -2.16. The van der Waals surface area contributed by atoms with Crippen molar-refractivity contribution in [3.8, 4) is 5.75 Å². The van der Waals surface area contributed by atoms with Crippen molar-refractivity contribution in [3.63, 3.8) is 0 Å². The molecule has 0 aliphatic heterocycles. The molecule has 0 aliphatic carbocycles. The molecule has 4 nitrogen and oxygen atoms in total. The van der Waals surface area contributed by atoms with Gasteiger partial charge in [-0.3, -0.25) is 9.69 Å². The van der Waals surface area contributed by atoms with Crippen LogP contribution >= 0.6 is 15.9 Å². The van der Waals surface area contributed by atoms with E-state index in [0.29, 0.717) is 18.7 Å². The predicted molar refractivity (Wildman–Crippen MR) is 95.4 cm³/mol. The Kier molecular flexibility index (Phi) is 7.21. The summed E-state index contributed by atoms with van der Waals surface area (Å²) in [7, 11) is 1.84. The zero-order chi connectivity index (χ0) is 17.4. The maximum atomic E-state index is 13.5. The van der Waals surface area contributed by atoms with E-state index >= 15 is 0 Å². The first-order valence-corrected chi connectivity index (χ1v) is 8.41. The molecule has 6 heteroatoms. The quantitative estimate of drug-likeness (QED) is 0.747. The Hall–Kier alpha value is -1.92. The summed E-state index contributed by atoms with van der Waals surface area (Å²) < 4.78 is 20.1. The molecule has 0 unspecified atom stereocenters. The molecule has 0 atom stereocenters. The normalized spacial score (nSPS) is 10.7. The molecule has 2 aromatic carbocycles. The van der Waals surface area contributed by atoms with Crippen LogP contribution < -0.4 is 10.1 Å². The highest BCUT2D eigenvalue weighted by molar-refractivity contribution is 9.10. The average Bonchev–Trinajstić information content (AvgIpc) is 2.56. The van der Waals surface area contributed by atoms with Gasteiger partial charge in [0.1, 0.15) is 18.2 Å². The summed E-state index contributed by atoms with van der Waals surface area (Å²) in [6.45, 7) is 1.52. The number of hydrogen-bond acceptors (Lipinski definition) is 3. The monoisotopic (exact) mass is 394 g/mol. The number of carbonyl (C=O) groups excluding carboxylic acids is 1. The summed E-state index contributed by atoms with van der Waals surface area (Å²) >= 11 is 3.37. The molecule has 0 radical (unpaired) electrons. The van der Waals surface area contributed by atoms with Gasteiger partial charge in [0.25, 0.3) is 0 Å². The first-order chi connectivity index (χ1) is 11.5. The minimum atomic E-state index is -0.311. The highest BCUT2D eigenvalue weighted by Crippen LogP contribution is 2.15. The number of benzene rings is 2. The van der Waals surface area contributed by atoms with Crippen LogP contribution in [-0.4, -0.2) is 37.6 Å². The van der Waals surface area contributed by atoms with E-state index in [2.05, 4.69) is 21.2 Å². The molecule has 1 amide bonds. The number of carbonyl (C=O) groups is 1. The van der Waals surface area contributed by atoms with E-state index in [0.717, 1.165) is 10.2 Å². The van der Waals surface area contributed by atoms with Gasteiger partial charge in [0.2, 0.25) is 5.91 Å². The zero-order valence-corrected chi connectivity index (χ0v) is 15.1. The Morgan fingerprint density at radius 1 is 1.21 bits per heavy atom. The fourth-order valence-corrected chi connectivity index (χ4v) is 2.33. The van der Waals surface area contributed by atoms with Crippen LogP contribution in [0.25, 0.3) is 0 Å². The average molecular weight is 395 g/mol. The summed E-state index contributed by atoms with van der Waals surface area (Å²) in [5.41, 5.74) is 0.479. The molecule has 2 aromatic rings. The molecular weight excluding hydrogens is 375 g/mol. The van der Waals surface area contributed by atoms with Crippen LogP contribution in [0, 0.1) is 5.82 Å². The molecule has 0 saturated carbocycles. The van der Waals surface area contributed by atoms with E-state index in [4.69, 9.17) is 4.74 Å². The number of nitrogens with zero attached hydrogens (tertiary/aromatic N) is 1. The number of nitrogens with one attached hydrogen (secondary N) is 1. The number of halogens is 2. The van der Waals surface area contributed by atoms with E-state index in [9.17, 15) is 9.18 Å². The van der Waals surface area contributed by atoms with E-state index < -0.39 is 0 Å². The number of amides is 1. The fraction of sp³-hybridized carbons (Fsp3) is 0.278. The summed E-state index contributed by atoms with van der Waals surface area (Å²) in [5, 5.41) is 2.72. The summed E-state index contributed by atoms with van der Waals surface area (Å²) in [6.07, 6.45) is 0. The second-order valence-electron chi connectivity index (χ2n) is 5.41. The van der Waals surface area contributed by atoms with Crippen LogP contribution in [0.1, 0.15) is 5.56 Å².